The molecule has 1 amide bonds. The van der Waals surface area contributed by atoms with E-state index in [4.69, 9.17) is 0 Å². The van der Waals surface area contributed by atoms with Gasteiger partial charge in [-0.1, -0.05) is 26.7 Å². The molecule has 18 heavy (non-hydrogen) atoms. The standard InChI is InChI=1S/C14H22N2O2/c1-4-11(5-2)13(17)9-16-14(18)12-7-6-10(3)15-8-12/h6-8,11,13,17H,4-5,9H2,1-3H3,(H,16,18). The molecule has 0 aliphatic carbocycles. The van der Waals surface area contributed by atoms with E-state index in [0.29, 0.717) is 12.1 Å². The van der Waals surface area contributed by atoms with Gasteiger partial charge in [0.1, 0.15) is 0 Å². The van der Waals surface area contributed by atoms with Crippen LogP contribution in [0, 0.1) is 12.8 Å². The Morgan fingerprint density at radius 2 is 2.06 bits per heavy atom. The Kier molecular flexibility index (Phi) is 5.78. The van der Waals surface area contributed by atoms with Gasteiger partial charge >= 0.3 is 0 Å². The predicted octanol–water partition coefficient (Wildman–Crippen LogP) is 1.92. The minimum absolute atomic E-state index is 0.187. The van der Waals surface area contributed by atoms with E-state index in [0.717, 1.165) is 18.5 Å². The number of rotatable bonds is 6. The molecule has 1 aromatic heterocycles. The van der Waals surface area contributed by atoms with Crippen LogP contribution in [-0.4, -0.2) is 28.6 Å². The SMILES string of the molecule is CCC(CC)C(O)CNC(=O)c1ccc(C)nc1. The number of hydrogen-bond donors (Lipinski definition) is 2. The molecule has 2 N–H and O–H groups in total. The van der Waals surface area contributed by atoms with E-state index < -0.39 is 6.10 Å². The van der Waals surface area contributed by atoms with E-state index in [1.54, 1.807) is 18.3 Å². The first kappa shape index (κ1) is 14.6. The zero-order chi connectivity index (χ0) is 13.5. The molecule has 1 heterocycles. The molecule has 4 nitrogen and oxygen atoms in total. The van der Waals surface area contributed by atoms with E-state index in [2.05, 4.69) is 10.3 Å². The fraction of sp³-hybridized carbons (Fsp3) is 0.571. The molecule has 0 aliphatic rings. The van der Waals surface area contributed by atoms with E-state index >= 15 is 0 Å². The largest absolute Gasteiger partial charge is 0.391 e. The van der Waals surface area contributed by atoms with Crippen molar-refractivity contribution in [1.82, 2.24) is 10.3 Å². The Balaban J connectivity index is 2.48. The second-order valence-corrected chi connectivity index (χ2v) is 4.54. The molecule has 1 rings (SSSR count). The molecular weight excluding hydrogens is 228 g/mol. The summed E-state index contributed by atoms with van der Waals surface area (Å²) in [7, 11) is 0. The molecule has 0 aromatic carbocycles. The molecule has 1 aromatic rings. The lowest BCUT2D eigenvalue weighted by molar-refractivity contribution is 0.0816. The summed E-state index contributed by atoms with van der Waals surface area (Å²) >= 11 is 0. The van der Waals surface area contributed by atoms with Gasteiger partial charge in [-0.15, -0.1) is 0 Å². The Morgan fingerprint density at radius 3 is 2.56 bits per heavy atom. The lowest BCUT2D eigenvalue weighted by Crippen LogP contribution is -2.36. The Hall–Kier alpha value is -1.42. The van der Waals surface area contributed by atoms with Crippen LogP contribution in [0.25, 0.3) is 0 Å². The zero-order valence-electron chi connectivity index (χ0n) is 11.3. The van der Waals surface area contributed by atoms with Gasteiger partial charge in [-0.2, -0.15) is 0 Å². The minimum Gasteiger partial charge on any atom is -0.391 e. The fourth-order valence-corrected chi connectivity index (χ4v) is 1.90. The van der Waals surface area contributed by atoms with Gasteiger partial charge in [0.25, 0.3) is 5.91 Å². The maximum atomic E-state index is 11.8. The highest BCUT2D eigenvalue weighted by Gasteiger charge is 2.16. The summed E-state index contributed by atoms with van der Waals surface area (Å²) in [6.45, 7) is 6.25. The van der Waals surface area contributed by atoms with Crippen LogP contribution in [0.2, 0.25) is 0 Å². The van der Waals surface area contributed by atoms with E-state index in [9.17, 15) is 9.90 Å². The molecule has 0 spiro atoms. The highest BCUT2D eigenvalue weighted by atomic mass is 16.3. The molecule has 0 radical (unpaired) electrons. The number of nitrogens with zero attached hydrogens (tertiary/aromatic N) is 1. The van der Waals surface area contributed by atoms with Crippen molar-refractivity contribution in [2.24, 2.45) is 5.92 Å². The number of carbonyl (C=O) groups is 1. The van der Waals surface area contributed by atoms with Gasteiger partial charge in [0.05, 0.1) is 11.7 Å². The summed E-state index contributed by atoms with van der Waals surface area (Å²) < 4.78 is 0. The Labute approximate surface area is 108 Å². The summed E-state index contributed by atoms with van der Waals surface area (Å²) in [5.74, 6) is 0.0500. The number of amides is 1. The highest BCUT2D eigenvalue weighted by molar-refractivity contribution is 5.93. The van der Waals surface area contributed by atoms with Crippen LogP contribution in [0.15, 0.2) is 18.3 Å². The molecule has 1 atom stereocenters. The number of aryl methyl sites for hydroxylation is 1. The molecule has 0 bridgehead atoms. The second kappa shape index (κ2) is 7.11. The second-order valence-electron chi connectivity index (χ2n) is 4.54. The third kappa shape index (κ3) is 4.11. The molecule has 1 unspecified atom stereocenters. The number of carbonyl (C=O) groups excluding carboxylic acids is 1. The van der Waals surface area contributed by atoms with Crippen molar-refractivity contribution in [2.75, 3.05) is 6.54 Å². The van der Waals surface area contributed by atoms with Gasteiger partial charge in [-0.05, 0) is 25.0 Å². The first-order valence-corrected chi connectivity index (χ1v) is 6.47. The van der Waals surface area contributed by atoms with Crippen molar-refractivity contribution in [3.63, 3.8) is 0 Å². The van der Waals surface area contributed by atoms with E-state index in [1.807, 2.05) is 20.8 Å². The van der Waals surface area contributed by atoms with Gasteiger partial charge < -0.3 is 10.4 Å². The summed E-state index contributed by atoms with van der Waals surface area (Å²) in [6, 6.07) is 3.54. The fourth-order valence-electron chi connectivity index (χ4n) is 1.90. The summed E-state index contributed by atoms with van der Waals surface area (Å²) in [5, 5.41) is 12.7. The first-order chi connectivity index (χ1) is 8.58. The zero-order valence-corrected chi connectivity index (χ0v) is 11.3. The molecule has 0 aliphatic heterocycles. The van der Waals surface area contributed by atoms with Gasteiger partial charge in [-0.25, -0.2) is 0 Å². The number of aliphatic hydroxyl groups excluding tert-OH is 1. The van der Waals surface area contributed by atoms with Gasteiger partial charge in [0, 0.05) is 18.4 Å². The molecule has 4 heteroatoms. The normalized spacial score (nSPS) is 12.5. The topological polar surface area (TPSA) is 62.2 Å². The van der Waals surface area contributed by atoms with Crippen LogP contribution in [0.5, 0.6) is 0 Å². The molecule has 0 saturated carbocycles. The number of aliphatic hydroxyl groups is 1. The van der Waals surface area contributed by atoms with Crippen LogP contribution in [0.1, 0.15) is 42.7 Å². The smallest absolute Gasteiger partial charge is 0.252 e. The molecule has 100 valence electrons. The van der Waals surface area contributed by atoms with Crippen molar-refractivity contribution in [2.45, 2.75) is 39.7 Å². The van der Waals surface area contributed by atoms with Crippen LogP contribution < -0.4 is 5.32 Å². The van der Waals surface area contributed by atoms with Crippen molar-refractivity contribution < 1.29 is 9.90 Å². The van der Waals surface area contributed by atoms with E-state index in [1.165, 1.54) is 0 Å². The predicted molar refractivity (Wildman–Crippen MR) is 71.4 cm³/mol. The van der Waals surface area contributed by atoms with Crippen LogP contribution in [-0.2, 0) is 0 Å². The molecular formula is C14H22N2O2. The average molecular weight is 250 g/mol. The highest BCUT2D eigenvalue weighted by Crippen LogP contribution is 2.12. The number of pyridine rings is 1. The monoisotopic (exact) mass is 250 g/mol. The maximum Gasteiger partial charge on any atom is 0.252 e. The lowest BCUT2D eigenvalue weighted by atomic mass is 9.96. The number of aromatic nitrogens is 1. The average Bonchev–Trinajstić information content (AvgIpc) is 2.38. The summed E-state index contributed by atoms with van der Waals surface area (Å²) in [4.78, 5) is 15.9. The quantitative estimate of drug-likeness (QED) is 0.810. The minimum atomic E-state index is -0.484. The number of nitrogens with one attached hydrogen (secondary N) is 1. The van der Waals surface area contributed by atoms with Gasteiger partial charge in [0.15, 0.2) is 0 Å². The van der Waals surface area contributed by atoms with Crippen molar-refractivity contribution in [3.8, 4) is 0 Å². The van der Waals surface area contributed by atoms with Crippen molar-refractivity contribution >= 4 is 5.91 Å². The third-order valence-electron chi connectivity index (χ3n) is 3.24. The summed E-state index contributed by atoms with van der Waals surface area (Å²) in [6.07, 6.45) is 2.90. The van der Waals surface area contributed by atoms with Crippen molar-refractivity contribution in [1.29, 1.82) is 0 Å². The van der Waals surface area contributed by atoms with Crippen LogP contribution in [0.4, 0.5) is 0 Å². The van der Waals surface area contributed by atoms with Crippen molar-refractivity contribution in [3.05, 3.63) is 29.6 Å². The van der Waals surface area contributed by atoms with Crippen LogP contribution in [0.3, 0.4) is 0 Å². The number of hydrogen-bond acceptors (Lipinski definition) is 3. The van der Waals surface area contributed by atoms with E-state index in [-0.39, 0.29) is 11.8 Å². The third-order valence-corrected chi connectivity index (χ3v) is 3.24. The molecule has 0 saturated heterocycles. The lowest BCUT2D eigenvalue weighted by Gasteiger charge is -2.20. The Morgan fingerprint density at radius 1 is 1.39 bits per heavy atom. The van der Waals surface area contributed by atoms with Crippen LogP contribution >= 0.6 is 0 Å². The summed E-state index contributed by atoms with van der Waals surface area (Å²) in [5.41, 5.74) is 1.40. The maximum absolute atomic E-state index is 11.8. The van der Waals surface area contributed by atoms with Gasteiger partial charge in [-0.3, -0.25) is 9.78 Å². The van der Waals surface area contributed by atoms with Gasteiger partial charge in [0.2, 0.25) is 0 Å². The molecule has 0 fully saturated rings. The Bertz CT molecular complexity index is 372. The first-order valence-electron chi connectivity index (χ1n) is 6.47.